The lowest BCUT2D eigenvalue weighted by Crippen LogP contribution is -2.13. The summed E-state index contributed by atoms with van der Waals surface area (Å²) in [6, 6.07) is 9.84. The van der Waals surface area contributed by atoms with E-state index in [0.29, 0.717) is 17.1 Å². The first-order valence-electron chi connectivity index (χ1n) is 9.38. The number of rotatable bonds is 5. The molecule has 1 aromatic carbocycles. The number of furan rings is 1. The van der Waals surface area contributed by atoms with Gasteiger partial charge in [0.2, 0.25) is 11.8 Å². The summed E-state index contributed by atoms with van der Waals surface area (Å²) in [5.41, 5.74) is 1.10. The van der Waals surface area contributed by atoms with Crippen molar-refractivity contribution in [2.75, 3.05) is 10.6 Å². The van der Waals surface area contributed by atoms with Gasteiger partial charge >= 0.3 is 0 Å². The normalized spacial score (nSPS) is 10.6. The minimum atomic E-state index is -0.562. The van der Waals surface area contributed by atoms with Crippen molar-refractivity contribution >= 4 is 34.0 Å². The first kappa shape index (κ1) is 21.0. The molecule has 0 saturated heterocycles. The maximum absolute atomic E-state index is 14.5. The second kappa shape index (κ2) is 8.49. The minimum Gasteiger partial charge on any atom is -0.443 e. The largest absolute Gasteiger partial charge is 0.443 e. The first-order valence-corrected chi connectivity index (χ1v) is 10.3. The van der Waals surface area contributed by atoms with Crippen molar-refractivity contribution in [1.82, 2.24) is 9.55 Å². The Labute approximate surface area is 185 Å². The van der Waals surface area contributed by atoms with Gasteiger partial charge in [0, 0.05) is 35.9 Å². The van der Waals surface area contributed by atoms with Crippen LogP contribution < -0.4 is 10.6 Å². The van der Waals surface area contributed by atoms with Crippen LogP contribution >= 0.6 is 11.3 Å². The minimum absolute atomic E-state index is 0.104. The van der Waals surface area contributed by atoms with Crippen molar-refractivity contribution < 1.29 is 18.4 Å². The molecule has 3 heterocycles. The highest BCUT2D eigenvalue weighted by molar-refractivity contribution is 7.14. The van der Waals surface area contributed by atoms with Gasteiger partial charge in [-0.25, -0.2) is 9.37 Å². The number of hydrogen-bond donors (Lipinski definition) is 2. The number of thiazole rings is 1. The molecule has 4 rings (SSSR count). The standard InChI is InChI=1S/C22H16FN5O3S/c1-12-19(16(10-24)21(31-12)28-7-3-4-8-28)20(30)27-22-26-18(11-32-22)15-6-5-14(9-17(15)23)25-13(2)29/h3-9,11H,1-2H3,(H,25,29)(H,26,27,30). The van der Waals surface area contributed by atoms with E-state index in [2.05, 4.69) is 15.6 Å². The van der Waals surface area contributed by atoms with E-state index < -0.39 is 11.7 Å². The van der Waals surface area contributed by atoms with Crippen molar-refractivity contribution in [3.8, 4) is 23.2 Å². The highest BCUT2D eigenvalue weighted by Crippen LogP contribution is 2.30. The van der Waals surface area contributed by atoms with Crippen LogP contribution in [0.3, 0.4) is 0 Å². The number of nitrogens with one attached hydrogen (secondary N) is 2. The van der Waals surface area contributed by atoms with Gasteiger partial charge in [-0.3, -0.25) is 19.5 Å². The summed E-state index contributed by atoms with van der Waals surface area (Å²) in [6.45, 7) is 2.93. The number of amides is 2. The summed E-state index contributed by atoms with van der Waals surface area (Å²) < 4.78 is 21.7. The van der Waals surface area contributed by atoms with Crippen molar-refractivity contribution in [3.63, 3.8) is 0 Å². The van der Waals surface area contributed by atoms with Crippen LogP contribution in [0.25, 0.3) is 17.1 Å². The molecule has 32 heavy (non-hydrogen) atoms. The van der Waals surface area contributed by atoms with Gasteiger partial charge in [-0.1, -0.05) is 0 Å². The van der Waals surface area contributed by atoms with Gasteiger partial charge in [0.25, 0.3) is 5.91 Å². The Morgan fingerprint density at radius 1 is 1.25 bits per heavy atom. The summed E-state index contributed by atoms with van der Waals surface area (Å²) in [4.78, 5) is 28.3. The Morgan fingerprint density at radius 3 is 2.66 bits per heavy atom. The molecule has 160 valence electrons. The van der Waals surface area contributed by atoms with E-state index in [9.17, 15) is 19.2 Å². The van der Waals surface area contributed by atoms with Gasteiger partial charge in [0.15, 0.2) is 5.13 Å². The number of benzene rings is 1. The molecule has 0 atom stereocenters. The summed E-state index contributed by atoms with van der Waals surface area (Å²) in [6.07, 6.45) is 3.42. The van der Waals surface area contributed by atoms with Gasteiger partial charge in [0.05, 0.1) is 5.69 Å². The zero-order valence-electron chi connectivity index (χ0n) is 17.0. The maximum Gasteiger partial charge on any atom is 0.262 e. The lowest BCUT2D eigenvalue weighted by Gasteiger charge is -2.05. The lowest BCUT2D eigenvalue weighted by molar-refractivity contribution is -0.114. The second-order valence-electron chi connectivity index (χ2n) is 6.78. The lowest BCUT2D eigenvalue weighted by atomic mass is 10.1. The van der Waals surface area contributed by atoms with E-state index in [-0.39, 0.29) is 33.6 Å². The zero-order valence-corrected chi connectivity index (χ0v) is 17.8. The third-order valence-electron chi connectivity index (χ3n) is 4.53. The Hall–Kier alpha value is -4.23. The third-order valence-corrected chi connectivity index (χ3v) is 5.29. The summed E-state index contributed by atoms with van der Waals surface area (Å²) in [5.74, 6) is -0.876. The Balaban J connectivity index is 1.58. The number of anilines is 2. The van der Waals surface area contributed by atoms with E-state index in [0.717, 1.165) is 11.3 Å². The highest BCUT2D eigenvalue weighted by Gasteiger charge is 2.25. The van der Waals surface area contributed by atoms with Crippen LogP contribution in [-0.2, 0) is 4.79 Å². The van der Waals surface area contributed by atoms with Gasteiger partial charge in [-0.15, -0.1) is 11.3 Å². The van der Waals surface area contributed by atoms with E-state index in [1.807, 2.05) is 6.07 Å². The topological polar surface area (TPSA) is 113 Å². The smallest absolute Gasteiger partial charge is 0.262 e. The molecule has 2 amide bonds. The third kappa shape index (κ3) is 4.01. The van der Waals surface area contributed by atoms with E-state index >= 15 is 0 Å². The molecule has 0 radical (unpaired) electrons. The molecule has 3 aromatic heterocycles. The molecular weight excluding hydrogens is 433 g/mol. The molecule has 8 nitrogen and oxygen atoms in total. The number of hydrogen-bond acceptors (Lipinski definition) is 6. The average Bonchev–Trinajstić information content (AvgIpc) is 3.47. The van der Waals surface area contributed by atoms with Crippen LogP contribution in [-0.4, -0.2) is 21.4 Å². The van der Waals surface area contributed by atoms with E-state index in [1.54, 1.807) is 47.5 Å². The number of aromatic nitrogens is 2. The maximum atomic E-state index is 14.5. The monoisotopic (exact) mass is 449 g/mol. The molecule has 10 heteroatoms. The van der Waals surface area contributed by atoms with Crippen LogP contribution in [0.15, 0.2) is 52.5 Å². The fourth-order valence-corrected chi connectivity index (χ4v) is 3.88. The van der Waals surface area contributed by atoms with Gasteiger partial charge < -0.3 is 9.73 Å². The fourth-order valence-electron chi connectivity index (χ4n) is 3.18. The number of carbonyl (C=O) groups is 2. The van der Waals surface area contributed by atoms with Crippen LogP contribution in [0.4, 0.5) is 15.2 Å². The number of nitrogens with zero attached hydrogens (tertiary/aromatic N) is 3. The molecule has 0 aliphatic rings. The number of halogens is 1. The molecule has 0 bridgehead atoms. The molecule has 0 aliphatic heterocycles. The highest BCUT2D eigenvalue weighted by atomic mass is 32.1. The van der Waals surface area contributed by atoms with Crippen molar-refractivity contribution in [1.29, 1.82) is 5.26 Å². The Kier molecular flexibility index (Phi) is 5.57. The second-order valence-corrected chi connectivity index (χ2v) is 7.64. The zero-order chi connectivity index (χ0) is 22.8. The summed E-state index contributed by atoms with van der Waals surface area (Å²) >= 11 is 1.12. The number of carbonyl (C=O) groups excluding carboxylic acids is 2. The van der Waals surface area contributed by atoms with Crippen LogP contribution in [0.1, 0.15) is 28.6 Å². The summed E-state index contributed by atoms with van der Waals surface area (Å²) in [5, 5.41) is 16.6. The van der Waals surface area contributed by atoms with E-state index in [1.165, 1.54) is 19.1 Å². The molecule has 2 N–H and O–H groups in total. The van der Waals surface area contributed by atoms with Crippen molar-refractivity contribution in [2.45, 2.75) is 13.8 Å². The Morgan fingerprint density at radius 2 is 2.00 bits per heavy atom. The Bertz CT molecular complexity index is 1360. The van der Waals surface area contributed by atoms with E-state index in [4.69, 9.17) is 4.42 Å². The van der Waals surface area contributed by atoms with Gasteiger partial charge in [-0.2, -0.15) is 5.26 Å². The molecular formula is C22H16FN5O3S. The van der Waals surface area contributed by atoms with Crippen molar-refractivity contribution in [3.05, 3.63) is 70.8 Å². The number of aryl methyl sites for hydroxylation is 1. The fraction of sp³-hybridized carbons (Fsp3) is 0.0909. The SMILES string of the molecule is CC(=O)Nc1ccc(-c2csc(NC(=O)c3c(C)oc(-n4cccc4)c3C#N)n2)c(F)c1. The first-order chi connectivity index (χ1) is 15.4. The molecule has 0 spiro atoms. The van der Waals surface area contributed by atoms with Crippen LogP contribution in [0.2, 0.25) is 0 Å². The molecule has 0 unspecified atom stereocenters. The molecule has 0 aliphatic carbocycles. The quantitative estimate of drug-likeness (QED) is 0.458. The van der Waals surface area contributed by atoms with Crippen LogP contribution in [0, 0.1) is 24.1 Å². The number of nitriles is 1. The molecule has 0 saturated carbocycles. The average molecular weight is 449 g/mol. The predicted octanol–water partition coefficient (Wildman–Crippen LogP) is 4.72. The summed E-state index contributed by atoms with van der Waals surface area (Å²) in [7, 11) is 0. The van der Waals surface area contributed by atoms with Crippen LogP contribution in [0.5, 0.6) is 0 Å². The molecule has 0 fully saturated rings. The van der Waals surface area contributed by atoms with Gasteiger partial charge in [0.1, 0.15) is 28.8 Å². The predicted molar refractivity (Wildman–Crippen MR) is 117 cm³/mol. The molecule has 4 aromatic rings. The van der Waals surface area contributed by atoms with Crippen molar-refractivity contribution in [2.24, 2.45) is 0 Å². The van der Waals surface area contributed by atoms with Gasteiger partial charge in [-0.05, 0) is 37.3 Å².